The van der Waals surface area contributed by atoms with E-state index in [1.165, 1.54) is 30.2 Å². The molecule has 208 valence electrons. The second-order valence-electron chi connectivity index (χ2n) is 11.5. The van der Waals surface area contributed by atoms with Gasteiger partial charge in [-0.3, -0.25) is 9.78 Å². The first-order valence-electron chi connectivity index (χ1n) is 13.4. The number of rotatable bonds is 7. The summed E-state index contributed by atoms with van der Waals surface area (Å²) in [4.78, 5) is 29.6. The average molecular weight is 594 g/mol. The monoisotopic (exact) mass is 592 g/mol. The summed E-state index contributed by atoms with van der Waals surface area (Å²) in [6, 6.07) is 1.66. The Bertz CT molecular complexity index is 1410. The predicted octanol–water partition coefficient (Wildman–Crippen LogP) is 6.11. The summed E-state index contributed by atoms with van der Waals surface area (Å²) in [5, 5.41) is 14.4. The van der Waals surface area contributed by atoms with E-state index >= 15 is 0 Å². The van der Waals surface area contributed by atoms with Crippen LogP contribution in [-0.4, -0.2) is 63.1 Å². The number of carboxylic acid groups (broad SMARTS) is 1. The van der Waals surface area contributed by atoms with E-state index in [1.807, 2.05) is 13.8 Å². The van der Waals surface area contributed by atoms with E-state index in [4.69, 9.17) is 28.2 Å². The van der Waals surface area contributed by atoms with Crippen molar-refractivity contribution in [1.29, 1.82) is 0 Å². The lowest BCUT2D eigenvalue weighted by Crippen LogP contribution is -2.58. The fourth-order valence-corrected chi connectivity index (χ4v) is 7.86. The van der Waals surface area contributed by atoms with Gasteiger partial charge < -0.3 is 20.2 Å². The summed E-state index contributed by atoms with van der Waals surface area (Å²) in [7, 11) is 0. The fourth-order valence-electron chi connectivity index (χ4n) is 6.28. The van der Waals surface area contributed by atoms with Gasteiger partial charge in [-0.15, -0.1) is 0 Å². The number of aliphatic carboxylic acids is 1. The van der Waals surface area contributed by atoms with Crippen molar-refractivity contribution in [2.45, 2.75) is 51.6 Å². The number of pyridine rings is 2. The van der Waals surface area contributed by atoms with E-state index < -0.39 is 17.2 Å². The molecule has 3 fully saturated rings. The molecule has 0 aromatic carbocycles. The zero-order valence-corrected chi connectivity index (χ0v) is 24.2. The molecule has 1 unspecified atom stereocenters. The van der Waals surface area contributed by atoms with Crippen LogP contribution >= 0.6 is 34.5 Å². The SMILES string of the molecule is CC(Nc1c(F)cnc2nc(N3CC([C@H]4CCCN(C5CC(C)(C(=O)O)C5)C4)C3)sc12)c1ncc(Cl)cc1Cl. The van der Waals surface area contributed by atoms with Crippen molar-refractivity contribution in [3.8, 4) is 0 Å². The smallest absolute Gasteiger partial charge is 0.309 e. The summed E-state index contributed by atoms with van der Waals surface area (Å²) >= 11 is 13.7. The van der Waals surface area contributed by atoms with Crippen LogP contribution in [0.5, 0.6) is 0 Å². The number of carboxylic acids is 1. The molecular weight excluding hydrogens is 562 g/mol. The molecule has 3 aromatic rings. The maximum absolute atomic E-state index is 14.9. The molecule has 2 saturated heterocycles. The van der Waals surface area contributed by atoms with Gasteiger partial charge in [-0.25, -0.2) is 9.37 Å². The first kappa shape index (κ1) is 26.9. The lowest BCUT2D eigenvalue weighted by molar-refractivity contribution is -0.158. The highest BCUT2D eigenvalue weighted by atomic mass is 35.5. The van der Waals surface area contributed by atoms with Crippen molar-refractivity contribution < 1.29 is 14.3 Å². The van der Waals surface area contributed by atoms with Crippen LogP contribution in [0.1, 0.15) is 51.3 Å². The average Bonchev–Trinajstić information content (AvgIpc) is 3.27. The Balaban J connectivity index is 1.11. The standard InChI is InChI=1S/C27H31Cl2FN6O2S/c1-14(21-19(29)6-17(28)9-31-21)33-22-20(30)10-32-24-23(22)39-26(34-24)36-12-16(13-36)15-4-3-5-35(11-15)18-7-27(2,8-18)25(37)38/h6,9-10,14-16,18H,3-5,7-8,11-13H2,1-2H3,(H,32,33)(H,37,38)/t14?,15-,18?,27?/m0/s1. The molecule has 2 N–H and O–H groups in total. The maximum Gasteiger partial charge on any atom is 0.309 e. The second-order valence-corrected chi connectivity index (χ2v) is 13.3. The van der Waals surface area contributed by atoms with Crippen molar-refractivity contribution >= 4 is 61.7 Å². The Morgan fingerprint density at radius 2 is 2.00 bits per heavy atom. The topological polar surface area (TPSA) is 94.5 Å². The molecule has 6 rings (SSSR count). The summed E-state index contributed by atoms with van der Waals surface area (Å²) in [5.74, 6) is 0.0522. The highest BCUT2D eigenvalue weighted by Gasteiger charge is 2.49. The Kier molecular flexibility index (Phi) is 7.10. The summed E-state index contributed by atoms with van der Waals surface area (Å²) in [6.07, 6.45) is 6.58. The normalized spacial score (nSPS) is 26.7. The third-order valence-corrected chi connectivity index (χ3v) is 10.3. The molecule has 0 spiro atoms. The minimum atomic E-state index is -0.676. The van der Waals surface area contributed by atoms with Gasteiger partial charge in [0.05, 0.1) is 39.1 Å². The van der Waals surface area contributed by atoms with Crippen molar-refractivity contribution in [2.24, 2.45) is 17.3 Å². The van der Waals surface area contributed by atoms with Crippen molar-refractivity contribution in [3.05, 3.63) is 40.0 Å². The van der Waals surface area contributed by atoms with Gasteiger partial charge in [-0.2, -0.15) is 4.98 Å². The van der Waals surface area contributed by atoms with Crippen molar-refractivity contribution in [3.63, 3.8) is 0 Å². The van der Waals surface area contributed by atoms with Gasteiger partial charge in [-0.05, 0) is 64.0 Å². The number of fused-ring (bicyclic) bond motifs is 1. The lowest BCUT2D eigenvalue weighted by atomic mass is 9.65. The van der Waals surface area contributed by atoms with Crippen LogP contribution < -0.4 is 10.2 Å². The van der Waals surface area contributed by atoms with Crippen LogP contribution in [-0.2, 0) is 4.79 Å². The number of piperidine rings is 1. The van der Waals surface area contributed by atoms with Gasteiger partial charge in [0.2, 0.25) is 0 Å². The first-order chi connectivity index (χ1) is 18.6. The van der Waals surface area contributed by atoms with E-state index in [0.717, 1.165) is 50.6 Å². The second kappa shape index (κ2) is 10.3. The fraction of sp³-hybridized carbons (Fsp3) is 0.556. The first-order valence-corrected chi connectivity index (χ1v) is 14.9. The number of hydrogen-bond acceptors (Lipinski definition) is 8. The van der Waals surface area contributed by atoms with Gasteiger partial charge in [0, 0.05) is 31.9 Å². The van der Waals surface area contributed by atoms with E-state index in [-0.39, 0.29) is 6.04 Å². The molecule has 5 heterocycles. The minimum absolute atomic E-state index is 0.345. The van der Waals surface area contributed by atoms with Crippen LogP contribution in [0.4, 0.5) is 15.2 Å². The summed E-state index contributed by atoms with van der Waals surface area (Å²) in [5.41, 5.74) is 0.878. The number of nitrogens with one attached hydrogen (secondary N) is 1. The molecule has 0 amide bonds. The minimum Gasteiger partial charge on any atom is -0.481 e. The van der Waals surface area contributed by atoms with Crippen molar-refractivity contribution in [2.75, 3.05) is 36.4 Å². The number of anilines is 2. The van der Waals surface area contributed by atoms with E-state index in [1.54, 1.807) is 6.07 Å². The van der Waals surface area contributed by atoms with Crippen LogP contribution in [0.2, 0.25) is 10.0 Å². The zero-order chi connectivity index (χ0) is 27.5. The Hall–Kier alpha value is -2.27. The summed E-state index contributed by atoms with van der Waals surface area (Å²) in [6.45, 7) is 7.67. The molecule has 39 heavy (non-hydrogen) atoms. The van der Waals surface area contributed by atoms with Crippen LogP contribution in [0.3, 0.4) is 0 Å². The predicted molar refractivity (Wildman–Crippen MR) is 152 cm³/mol. The van der Waals surface area contributed by atoms with Crippen LogP contribution in [0, 0.1) is 23.1 Å². The molecule has 0 radical (unpaired) electrons. The molecular formula is C27H31Cl2FN6O2S. The third-order valence-electron chi connectivity index (χ3n) is 8.71. The van der Waals surface area contributed by atoms with Crippen LogP contribution in [0.15, 0.2) is 18.5 Å². The zero-order valence-electron chi connectivity index (χ0n) is 21.8. The van der Waals surface area contributed by atoms with Gasteiger partial charge in [0.15, 0.2) is 16.6 Å². The van der Waals surface area contributed by atoms with E-state index in [0.29, 0.717) is 49.7 Å². The lowest BCUT2D eigenvalue weighted by Gasteiger charge is -2.52. The molecule has 3 aliphatic rings. The highest BCUT2D eigenvalue weighted by molar-refractivity contribution is 7.22. The molecule has 0 bridgehead atoms. The number of thiazole rings is 1. The highest BCUT2D eigenvalue weighted by Crippen LogP contribution is 2.46. The Morgan fingerprint density at radius 1 is 1.23 bits per heavy atom. The number of likely N-dealkylation sites (tertiary alicyclic amines) is 1. The molecule has 2 aliphatic heterocycles. The van der Waals surface area contributed by atoms with Gasteiger partial charge >= 0.3 is 5.97 Å². The molecule has 12 heteroatoms. The van der Waals surface area contributed by atoms with Gasteiger partial charge in [0.1, 0.15) is 4.70 Å². The quantitative estimate of drug-likeness (QED) is 0.339. The molecule has 1 aliphatic carbocycles. The maximum atomic E-state index is 14.9. The van der Waals surface area contributed by atoms with Crippen LogP contribution in [0.25, 0.3) is 10.3 Å². The molecule has 1 saturated carbocycles. The summed E-state index contributed by atoms with van der Waals surface area (Å²) < 4.78 is 15.6. The van der Waals surface area contributed by atoms with E-state index in [2.05, 4.69) is 25.1 Å². The molecule has 8 nitrogen and oxygen atoms in total. The number of aromatic nitrogens is 3. The largest absolute Gasteiger partial charge is 0.481 e. The van der Waals surface area contributed by atoms with Gasteiger partial charge in [-0.1, -0.05) is 34.5 Å². The Morgan fingerprint density at radius 3 is 2.72 bits per heavy atom. The third kappa shape index (κ3) is 5.05. The number of halogens is 3. The number of carbonyl (C=O) groups is 1. The number of hydrogen-bond donors (Lipinski definition) is 2. The molecule has 2 atom stereocenters. The number of nitrogens with zero attached hydrogens (tertiary/aromatic N) is 5. The van der Waals surface area contributed by atoms with Gasteiger partial charge in [0.25, 0.3) is 0 Å². The van der Waals surface area contributed by atoms with E-state index in [9.17, 15) is 14.3 Å². The van der Waals surface area contributed by atoms with Crippen molar-refractivity contribution in [1.82, 2.24) is 19.9 Å². The Labute approximate surface area is 240 Å². The molecule has 3 aromatic heterocycles.